The molecule has 0 aliphatic rings. The Morgan fingerprint density at radius 3 is 2.68 bits per heavy atom. The van der Waals surface area contributed by atoms with Gasteiger partial charge in [0.05, 0.1) is 11.9 Å². The lowest BCUT2D eigenvalue weighted by atomic mass is 10.1. The molecule has 0 bridgehead atoms. The number of anilines is 1. The lowest BCUT2D eigenvalue weighted by molar-refractivity contribution is 0.628. The summed E-state index contributed by atoms with van der Waals surface area (Å²) in [4.78, 5) is 4.43. The molecule has 0 saturated carbocycles. The summed E-state index contributed by atoms with van der Waals surface area (Å²) >= 11 is 1.46. The number of hydrogen-bond donors (Lipinski definition) is 1. The number of nitrogens with one attached hydrogen (secondary N) is 1. The number of hydrazone groups is 1. The van der Waals surface area contributed by atoms with Crippen molar-refractivity contribution in [1.29, 1.82) is 0 Å². The molecule has 0 saturated heterocycles. The molecule has 5 heteroatoms. The molecule has 0 amide bonds. The van der Waals surface area contributed by atoms with Gasteiger partial charge < -0.3 is 0 Å². The monoisotopic (exact) mass is 311 g/mol. The van der Waals surface area contributed by atoms with E-state index in [1.54, 1.807) is 18.3 Å². The third kappa shape index (κ3) is 3.38. The van der Waals surface area contributed by atoms with Crippen molar-refractivity contribution in [2.75, 3.05) is 5.43 Å². The maximum Gasteiger partial charge on any atom is 0.203 e. The van der Waals surface area contributed by atoms with Gasteiger partial charge in [-0.1, -0.05) is 24.3 Å². The highest BCUT2D eigenvalue weighted by Crippen LogP contribution is 2.24. The molecule has 1 heterocycles. The van der Waals surface area contributed by atoms with Gasteiger partial charge in [0, 0.05) is 10.9 Å². The van der Waals surface area contributed by atoms with Crippen molar-refractivity contribution >= 4 is 22.7 Å². The highest BCUT2D eigenvalue weighted by molar-refractivity contribution is 7.14. The van der Waals surface area contributed by atoms with Crippen molar-refractivity contribution in [1.82, 2.24) is 4.98 Å². The van der Waals surface area contributed by atoms with Crippen LogP contribution in [0.3, 0.4) is 0 Å². The predicted molar refractivity (Wildman–Crippen MR) is 89.9 cm³/mol. The third-order valence-corrected chi connectivity index (χ3v) is 3.94. The summed E-state index contributed by atoms with van der Waals surface area (Å²) in [7, 11) is 0. The summed E-state index contributed by atoms with van der Waals surface area (Å²) in [5.74, 6) is -0.250. The van der Waals surface area contributed by atoms with E-state index in [2.05, 4.69) is 15.5 Å². The first-order valence-electron chi connectivity index (χ1n) is 6.78. The summed E-state index contributed by atoms with van der Waals surface area (Å²) in [5.41, 5.74) is 6.84. The fraction of sp³-hybridized carbons (Fsp3) is 0.0588. The van der Waals surface area contributed by atoms with Gasteiger partial charge in [0.2, 0.25) is 5.13 Å². The fourth-order valence-electron chi connectivity index (χ4n) is 1.97. The van der Waals surface area contributed by atoms with E-state index in [1.807, 2.05) is 36.6 Å². The summed E-state index contributed by atoms with van der Waals surface area (Å²) in [5, 5.41) is 6.82. The number of benzene rings is 2. The molecule has 3 aromatic rings. The van der Waals surface area contributed by atoms with Gasteiger partial charge >= 0.3 is 0 Å². The fourth-order valence-corrected chi connectivity index (χ4v) is 2.64. The van der Waals surface area contributed by atoms with Gasteiger partial charge in [-0.25, -0.2) is 9.37 Å². The minimum atomic E-state index is -0.250. The van der Waals surface area contributed by atoms with Gasteiger partial charge in [-0.05, 0) is 42.3 Å². The molecular formula is C17H14FN3S. The Bertz CT molecular complexity index is 794. The van der Waals surface area contributed by atoms with E-state index >= 15 is 0 Å². The van der Waals surface area contributed by atoms with Crippen LogP contribution in [0.25, 0.3) is 11.3 Å². The lowest BCUT2D eigenvalue weighted by Crippen LogP contribution is -1.92. The number of hydrogen-bond acceptors (Lipinski definition) is 4. The highest BCUT2D eigenvalue weighted by atomic mass is 32.1. The second kappa shape index (κ2) is 6.49. The molecule has 0 aliphatic heterocycles. The quantitative estimate of drug-likeness (QED) is 0.560. The number of thiazole rings is 1. The average Bonchev–Trinajstić information content (AvgIpc) is 2.99. The van der Waals surface area contributed by atoms with Crippen LogP contribution in [0.1, 0.15) is 11.1 Å². The Balaban J connectivity index is 1.70. The molecule has 22 heavy (non-hydrogen) atoms. The number of halogens is 1. The molecule has 0 radical (unpaired) electrons. The molecule has 3 nitrogen and oxygen atoms in total. The number of aryl methyl sites for hydroxylation is 1. The Labute approximate surface area is 132 Å². The van der Waals surface area contributed by atoms with E-state index in [9.17, 15) is 4.39 Å². The van der Waals surface area contributed by atoms with Gasteiger partial charge in [-0.3, -0.25) is 5.43 Å². The van der Waals surface area contributed by atoms with Gasteiger partial charge in [0.1, 0.15) is 5.82 Å². The van der Waals surface area contributed by atoms with Crippen molar-refractivity contribution in [3.63, 3.8) is 0 Å². The topological polar surface area (TPSA) is 37.3 Å². The van der Waals surface area contributed by atoms with E-state index < -0.39 is 0 Å². The number of aromatic nitrogens is 1. The van der Waals surface area contributed by atoms with Gasteiger partial charge in [-0.15, -0.1) is 11.3 Å². The zero-order valence-corrected chi connectivity index (χ0v) is 12.8. The Morgan fingerprint density at radius 1 is 1.14 bits per heavy atom. The smallest absolute Gasteiger partial charge is 0.203 e. The van der Waals surface area contributed by atoms with Crippen molar-refractivity contribution in [2.24, 2.45) is 5.10 Å². The second-order valence-corrected chi connectivity index (χ2v) is 5.63. The molecule has 0 aliphatic carbocycles. The van der Waals surface area contributed by atoms with Gasteiger partial charge in [-0.2, -0.15) is 5.10 Å². The minimum Gasteiger partial charge on any atom is -0.253 e. The van der Waals surface area contributed by atoms with Crippen LogP contribution in [0.5, 0.6) is 0 Å². The van der Waals surface area contributed by atoms with Gasteiger partial charge in [0.25, 0.3) is 0 Å². The summed E-state index contributed by atoms with van der Waals surface area (Å²) < 4.78 is 12.9. The van der Waals surface area contributed by atoms with E-state index in [-0.39, 0.29) is 5.82 Å². The van der Waals surface area contributed by atoms with E-state index in [4.69, 9.17) is 0 Å². The molecule has 0 fully saturated rings. The van der Waals surface area contributed by atoms with Crippen LogP contribution in [0.15, 0.2) is 59.0 Å². The predicted octanol–water partition coefficient (Wildman–Crippen LogP) is 4.70. The number of nitrogens with zero attached hydrogens (tertiary/aromatic N) is 2. The standard InChI is InChI=1S/C17H14FN3S/c1-12-4-2-3-5-14(12)10-19-21-17-20-16(11-22-17)13-6-8-15(18)9-7-13/h2-11H,1H3,(H,20,21)/b19-10+. The van der Waals surface area contributed by atoms with Crippen molar-refractivity contribution < 1.29 is 4.39 Å². The zero-order valence-electron chi connectivity index (χ0n) is 12.0. The largest absolute Gasteiger partial charge is 0.253 e. The molecule has 110 valence electrons. The molecule has 3 rings (SSSR count). The van der Waals surface area contributed by atoms with Crippen molar-refractivity contribution in [3.05, 3.63) is 70.9 Å². The first-order chi connectivity index (χ1) is 10.7. The lowest BCUT2D eigenvalue weighted by Gasteiger charge is -1.98. The first kappa shape index (κ1) is 14.4. The van der Waals surface area contributed by atoms with Crippen molar-refractivity contribution in [2.45, 2.75) is 6.92 Å². The zero-order chi connectivity index (χ0) is 15.4. The molecule has 2 aromatic carbocycles. The van der Waals surface area contributed by atoms with E-state index in [1.165, 1.54) is 29.0 Å². The highest BCUT2D eigenvalue weighted by Gasteiger charge is 2.04. The molecule has 1 aromatic heterocycles. The Kier molecular flexibility index (Phi) is 4.25. The third-order valence-electron chi connectivity index (χ3n) is 3.20. The molecule has 1 N–H and O–H groups in total. The minimum absolute atomic E-state index is 0.250. The summed E-state index contributed by atoms with van der Waals surface area (Å²) in [6.45, 7) is 2.04. The maximum absolute atomic E-state index is 12.9. The van der Waals surface area contributed by atoms with Crippen LogP contribution in [0, 0.1) is 12.7 Å². The van der Waals surface area contributed by atoms with E-state index in [0.717, 1.165) is 16.8 Å². The van der Waals surface area contributed by atoms with Crippen LogP contribution < -0.4 is 5.43 Å². The normalized spacial score (nSPS) is 11.0. The molecular weight excluding hydrogens is 297 g/mol. The summed E-state index contributed by atoms with van der Waals surface area (Å²) in [6.07, 6.45) is 1.77. The van der Waals surface area contributed by atoms with E-state index in [0.29, 0.717) is 5.13 Å². The number of rotatable bonds is 4. The second-order valence-electron chi connectivity index (χ2n) is 4.77. The summed E-state index contributed by atoms with van der Waals surface area (Å²) in [6, 6.07) is 14.3. The van der Waals surface area contributed by atoms with Crippen LogP contribution in [-0.4, -0.2) is 11.2 Å². The SMILES string of the molecule is Cc1ccccc1/C=N/Nc1nc(-c2ccc(F)cc2)cs1. The molecule has 0 atom stereocenters. The average molecular weight is 311 g/mol. The Hall–Kier alpha value is -2.53. The first-order valence-corrected chi connectivity index (χ1v) is 7.66. The molecule has 0 unspecified atom stereocenters. The maximum atomic E-state index is 12.9. The van der Waals surface area contributed by atoms with Crippen LogP contribution in [0.4, 0.5) is 9.52 Å². The van der Waals surface area contributed by atoms with Crippen LogP contribution in [-0.2, 0) is 0 Å². The molecule has 0 spiro atoms. The van der Waals surface area contributed by atoms with Gasteiger partial charge in [0.15, 0.2) is 0 Å². The van der Waals surface area contributed by atoms with Crippen molar-refractivity contribution in [3.8, 4) is 11.3 Å². The Morgan fingerprint density at radius 2 is 1.91 bits per heavy atom. The van der Waals surface area contributed by atoms with Crippen LogP contribution in [0.2, 0.25) is 0 Å². The van der Waals surface area contributed by atoms with Crippen LogP contribution >= 0.6 is 11.3 Å².